The molecule has 0 fully saturated rings. The molecule has 1 aromatic carbocycles. The fourth-order valence-electron chi connectivity index (χ4n) is 0.753. The van der Waals surface area contributed by atoms with Crippen LogP contribution in [-0.2, 0) is 13.2 Å². The van der Waals surface area contributed by atoms with Crippen molar-refractivity contribution in [1.29, 1.82) is 0 Å². The van der Waals surface area contributed by atoms with Gasteiger partial charge in [0, 0.05) is 6.07 Å². The minimum Gasteiger partial charge on any atom is -0.508 e. The Balaban J connectivity index is 3.50. The van der Waals surface area contributed by atoms with Crippen LogP contribution in [0.2, 0.25) is 0 Å². The van der Waals surface area contributed by atoms with Gasteiger partial charge in [-0.05, 0) is 12.1 Å². The summed E-state index contributed by atoms with van der Waals surface area (Å²) >= 11 is -1.69. The molecule has 0 saturated heterocycles. The van der Waals surface area contributed by atoms with Crippen LogP contribution in [0.1, 0.15) is 0 Å². The van der Waals surface area contributed by atoms with Gasteiger partial charge in [-0.25, -0.2) is 0 Å². The van der Waals surface area contributed by atoms with Crippen molar-refractivity contribution in [2.45, 2.75) is 4.90 Å². The second-order valence-electron chi connectivity index (χ2n) is 2.17. The van der Waals surface area contributed by atoms with E-state index in [9.17, 15) is 11.5 Å². The normalized spacial score (nSPS) is 11.5. The van der Waals surface area contributed by atoms with Crippen molar-refractivity contribution in [3.63, 3.8) is 0 Å². The van der Waals surface area contributed by atoms with E-state index < -0.39 is 36.2 Å². The van der Waals surface area contributed by atoms with Crippen LogP contribution in [0.3, 0.4) is 0 Å². The summed E-state index contributed by atoms with van der Waals surface area (Å²) in [6.07, 6.45) is 0. The molecule has 13 heavy (non-hydrogen) atoms. The number of aromatic hydroxyl groups is 1. The number of benzene rings is 1. The zero-order chi connectivity index (χ0) is 10.1. The van der Waals surface area contributed by atoms with Gasteiger partial charge in [-0.1, -0.05) is 0 Å². The smallest absolute Gasteiger partial charge is 0.295 e. The zero-order valence-corrected chi connectivity index (χ0v) is 9.11. The van der Waals surface area contributed by atoms with Crippen molar-refractivity contribution >= 4 is 31.3 Å². The van der Waals surface area contributed by atoms with Gasteiger partial charge in [0.25, 0.3) is 10.1 Å². The summed E-state index contributed by atoms with van der Waals surface area (Å²) in [7, 11) is -4.40. The van der Waals surface area contributed by atoms with Gasteiger partial charge in [0.2, 0.25) is 0 Å². The van der Waals surface area contributed by atoms with E-state index >= 15 is 0 Å². The van der Waals surface area contributed by atoms with Crippen molar-refractivity contribution in [1.82, 2.24) is 0 Å². The molecule has 0 atom stereocenters. The average Bonchev–Trinajstić information content (AvgIpc) is 2.03. The number of phenolic OH excluding ortho intramolecular Hbond substituents is 1. The standard InChI is InChI=1S/C6H5IO5S/c8-4-1-2-5(7-9)6(3-4)13(10,11)12/h1-3,8H,(H,10,11,12). The van der Waals surface area contributed by atoms with Crippen molar-refractivity contribution in [2.24, 2.45) is 0 Å². The fourth-order valence-corrected chi connectivity index (χ4v) is 3.08. The van der Waals surface area contributed by atoms with Crippen LogP contribution in [0.25, 0.3) is 0 Å². The highest BCUT2D eigenvalue weighted by molar-refractivity contribution is 14.1. The first-order valence-corrected chi connectivity index (χ1v) is 6.42. The van der Waals surface area contributed by atoms with Crippen molar-refractivity contribution in [3.05, 3.63) is 21.8 Å². The SMILES string of the molecule is O=Ic1ccc(O)cc1S(=O)(=O)O. The van der Waals surface area contributed by atoms with Gasteiger partial charge in [-0.15, -0.1) is 0 Å². The lowest BCUT2D eigenvalue weighted by molar-refractivity contribution is 0.465. The van der Waals surface area contributed by atoms with E-state index in [4.69, 9.17) is 9.66 Å². The third-order valence-corrected chi connectivity index (χ3v) is 3.95. The summed E-state index contributed by atoms with van der Waals surface area (Å²) in [4.78, 5) is -0.490. The molecule has 2 N–H and O–H groups in total. The van der Waals surface area contributed by atoms with E-state index in [0.29, 0.717) is 0 Å². The molecule has 0 unspecified atom stereocenters. The monoisotopic (exact) mass is 316 g/mol. The van der Waals surface area contributed by atoms with E-state index in [0.717, 1.165) is 6.07 Å². The predicted octanol–water partition coefficient (Wildman–Crippen LogP) is 1.12. The van der Waals surface area contributed by atoms with E-state index in [1.54, 1.807) is 0 Å². The Morgan fingerprint density at radius 3 is 2.38 bits per heavy atom. The summed E-state index contributed by atoms with van der Waals surface area (Å²) in [6, 6.07) is 3.28. The molecule has 5 nitrogen and oxygen atoms in total. The maximum atomic E-state index is 10.7. The van der Waals surface area contributed by atoms with Crippen LogP contribution in [0, 0.1) is 3.57 Å². The maximum Gasteiger partial charge on any atom is 0.295 e. The largest absolute Gasteiger partial charge is 0.508 e. The van der Waals surface area contributed by atoms with Crippen LogP contribution in [0.15, 0.2) is 23.1 Å². The third kappa shape index (κ3) is 2.45. The van der Waals surface area contributed by atoms with Crippen LogP contribution in [0.5, 0.6) is 5.75 Å². The van der Waals surface area contributed by atoms with Crippen LogP contribution >= 0.6 is 21.2 Å². The quantitative estimate of drug-likeness (QED) is 0.630. The first-order valence-electron chi connectivity index (χ1n) is 3.02. The summed E-state index contributed by atoms with van der Waals surface area (Å²) in [5, 5.41) is 8.93. The summed E-state index contributed by atoms with van der Waals surface area (Å²) in [5.41, 5.74) is 0. The van der Waals surface area contributed by atoms with E-state index in [-0.39, 0.29) is 9.32 Å². The molecule has 0 heterocycles. The molecule has 0 bridgehead atoms. The first kappa shape index (κ1) is 10.5. The molecule has 1 rings (SSSR count). The Hall–Kier alpha value is -0.540. The molecule has 0 radical (unpaired) electrons. The van der Waals surface area contributed by atoms with Crippen LogP contribution in [0.4, 0.5) is 0 Å². The van der Waals surface area contributed by atoms with Gasteiger partial charge >= 0.3 is 0 Å². The van der Waals surface area contributed by atoms with Gasteiger partial charge in [-0.2, -0.15) is 8.42 Å². The molecule has 0 saturated carbocycles. The predicted molar refractivity (Wildman–Crippen MR) is 51.3 cm³/mol. The Labute approximate surface area is 84.8 Å². The lowest BCUT2D eigenvalue weighted by Crippen LogP contribution is -2.00. The number of hydrogen-bond acceptors (Lipinski definition) is 4. The van der Waals surface area contributed by atoms with Gasteiger partial charge < -0.3 is 5.11 Å². The minimum absolute atomic E-state index is 0.0408. The molecular formula is C6H5IO5S. The van der Waals surface area contributed by atoms with E-state index in [2.05, 4.69) is 0 Å². The van der Waals surface area contributed by atoms with Crippen LogP contribution in [-0.4, -0.2) is 18.1 Å². The van der Waals surface area contributed by atoms with Gasteiger partial charge in [0.05, 0.1) is 3.57 Å². The highest BCUT2D eigenvalue weighted by Crippen LogP contribution is 2.24. The molecule has 0 aliphatic heterocycles. The van der Waals surface area contributed by atoms with E-state index in [1.165, 1.54) is 12.1 Å². The summed E-state index contributed by atoms with van der Waals surface area (Å²) < 4.78 is 40.6. The second kappa shape index (κ2) is 3.68. The summed E-state index contributed by atoms with van der Waals surface area (Å²) in [5.74, 6) is -0.297. The first-order chi connectivity index (χ1) is 5.95. The highest BCUT2D eigenvalue weighted by Gasteiger charge is 2.16. The van der Waals surface area contributed by atoms with Crippen molar-refractivity contribution in [3.8, 4) is 5.75 Å². The molecule has 1 aromatic rings. The highest BCUT2D eigenvalue weighted by atomic mass is 127. The average molecular weight is 316 g/mol. The Kier molecular flexibility index (Phi) is 2.98. The molecule has 0 aromatic heterocycles. The van der Waals surface area contributed by atoms with Gasteiger partial charge in [0.15, 0.2) is 21.2 Å². The molecule has 72 valence electrons. The molecular weight excluding hydrogens is 311 g/mol. The van der Waals surface area contributed by atoms with Crippen LogP contribution < -0.4 is 0 Å². The van der Waals surface area contributed by atoms with Crippen molar-refractivity contribution in [2.75, 3.05) is 0 Å². The fraction of sp³-hybridized carbons (Fsp3) is 0. The lowest BCUT2D eigenvalue weighted by atomic mass is 10.3. The number of rotatable bonds is 2. The molecule has 7 heteroatoms. The van der Waals surface area contributed by atoms with Gasteiger partial charge in [-0.3, -0.25) is 7.62 Å². The second-order valence-corrected chi connectivity index (χ2v) is 5.16. The lowest BCUT2D eigenvalue weighted by Gasteiger charge is -1.99. The zero-order valence-electron chi connectivity index (χ0n) is 6.14. The Morgan fingerprint density at radius 1 is 1.31 bits per heavy atom. The minimum atomic E-state index is -4.40. The molecule has 0 amide bonds. The third-order valence-electron chi connectivity index (χ3n) is 1.28. The maximum absolute atomic E-state index is 10.7. The van der Waals surface area contributed by atoms with E-state index in [1.807, 2.05) is 0 Å². The number of phenols is 1. The van der Waals surface area contributed by atoms with Crippen molar-refractivity contribution < 1.29 is 21.1 Å². The Morgan fingerprint density at radius 2 is 1.92 bits per heavy atom. The Bertz CT molecular complexity index is 438. The summed E-state index contributed by atoms with van der Waals surface area (Å²) in [6.45, 7) is 0. The molecule has 0 aliphatic carbocycles. The number of hydrogen-bond donors (Lipinski definition) is 2. The molecule has 0 aliphatic rings. The molecule has 0 spiro atoms. The number of halogens is 1. The van der Waals surface area contributed by atoms with Gasteiger partial charge in [0.1, 0.15) is 10.6 Å². The topological polar surface area (TPSA) is 91.7 Å².